The van der Waals surface area contributed by atoms with E-state index in [1.54, 1.807) is 6.20 Å². The zero-order chi connectivity index (χ0) is 17.2. The summed E-state index contributed by atoms with van der Waals surface area (Å²) in [7, 11) is 0. The van der Waals surface area contributed by atoms with Crippen molar-refractivity contribution >= 4 is 5.82 Å². The maximum Gasteiger partial charge on any atom is 0.138 e. The Hall–Kier alpha value is -1.96. The molecule has 0 unspecified atom stereocenters. The van der Waals surface area contributed by atoms with Crippen molar-refractivity contribution < 1.29 is 14.0 Å². The Bertz CT molecular complexity index is 670. The molecule has 134 valence electrons. The zero-order valence-corrected chi connectivity index (χ0v) is 14.6. The number of nitrogens with zero attached hydrogens (tertiary/aromatic N) is 3. The van der Waals surface area contributed by atoms with Crippen LogP contribution in [0.25, 0.3) is 0 Å². The van der Waals surface area contributed by atoms with Gasteiger partial charge in [-0.25, -0.2) is 4.98 Å². The van der Waals surface area contributed by atoms with Crippen molar-refractivity contribution in [2.24, 2.45) is 0 Å². The Balaban J connectivity index is 1.33. The van der Waals surface area contributed by atoms with Crippen molar-refractivity contribution in [1.29, 1.82) is 0 Å². The number of hydrogen-bond donors (Lipinski definition) is 1. The van der Waals surface area contributed by atoms with Crippen LogP contribution >= 0.6 is 0 Å². The molecule has 2 fully saturated rings. The molecule has 0 spiro atoms. The Kier molecular flexibility index (Phi) is 4.70. The molecule has 2 aromatic rings. The number of hydrogen-bond acceptors (Lipinski definition) is 7. The van der Waals surface area contributed by atoms with Crippen LogP contribution in [0.15, 0.2) is 28.9 Å². The van der Waals surface area contributed by atoms with E-state index >= 15 is 0 Å². The fourth-order valence-corrected chi connectivity index (χ4v) is 3.49. The number of likely N-dealkylation sites (tertiary alicyclic amines) is 1. The fourth-order valence-electron chi connectivity index (χ4n) is 3.49. The van der Waals surface area contributed by atoms with Crippen LogP contribution < -0.4 is 5.32 Å². The van der Waals surface area contributed by atoms with Gasteiger partial charge in [0.25, 0.3) is 0 Å². The van der Waals surface area contributed by atoms with E-state index in [0.29, 0.717) is 13.2 Å². The number of nitrogens with one attached hydrogen (secondary N) is 1. The number of aromatic nitrogens is 2. The summed E-state index contributed by atoms with van der Waals surface area (Å²) in [5.74, 6) is 1.75. The highest BCUT2D eigenvalue weighted by Gasteiger charge is 2.37. The van der Waals surface area contributed by atoms with Gasteiger partial charge in [0.05, 0.1) is 37.2 Å². The highest BCUT2D eigenvalue weighted by atomic mass is 16.6. The van der Waals surface area contributed by atoms with E-state index < -0.39 is 0 Å². The normalized spacial score (nSPS) is 24.9. The molecule has 2 aliphatic rings. The summed E-state index contributed by atoms with van der Waals surface area (Å²) in [5, 5.41) is 7.41. The number of aryl methyl sites for hydroxylation is 2. The molecular formula is C18H24N4O3. The maximum absolute atomic E-state index is 6.13. The second kappa shape index (κ2) is 7.11. The van der Waals surface area contributed by atoms with Crippen LogP contribution in [0.1, 0.15) is 17.0 Å². The lowest BCUT2D eigenvalue weighted by atomic mass is 10.2. The van der Waals surface area contributed by atoms with Gasteiger partial charge in [-0.05, 0) is 26.0 Å². The van der Waals surface area contributed by atoms with Gasteiger partial charge in [-0.3, -0.25) is 4.90 Å². The molecule has 0 aromatic carbocycles. The number of pyridine rings is 1. The van der Waals surface area contributed by atoms with Crippen LogP contribution in [0.3, 0.4) is 0 Å². The smallest absolute Gasteiger partial charge is 0.138 e. The van der Waals surface area contributed by atoms with E-state index in [9.17, 15) is 0 Å². The van der Waals surface area contributed by atoms with E-state index in [1.807, 2.05) is 32.0 Å². The molecule has 2 saturated heterocycles. The number of rotatable bonds is 4. The average Bonchev–Trinajstić information content (AvgIpc) is 3.10. The number of anilines is 1. The van der Waals surface area contributed by atoms with E-state index in [0.717, 1.165) is 36.9 Å². The molecule has 0 saturated carbocycles. The van der Waals surface area contributed by atoms with Crippen LogP contribution in [0.4, 0.5) is 5.82 Å². The van der Waals surface area contributed by atoms with Crippen LogP contribution in [-0.4, -0.2) is 59.6 Å². The first-order valence-electron chi connectivity index (χ1n) is 8.74. The van der Waals surface area contributed by atoms with Crippen molar-refractivity contribution in [2.75, 3.05) is 31.6 Å². The van der Waals surface area contributed by atoms with Crippen molar-refractivity contribution in [3.8, 4) is 0 Å². The van der Waals surface area contributed by atoms with Crippen molar-refractivity contribution in [3.05, 3.63) is 41.4 Å². The lowest BCUT2D eigenvalue weighted by Gasteiger charge is -2.19. The fraction of sp³-hybridized carbons (Fsp3) is 0.556. The van der Waals surface area contributed by atoms with E-state index in [4.69, 9.17) is 14.0 Å². The number of fused-ring (bicyclic) bond motifs is 1. The van der Waals surface area contributed by atoms with Crippen LogP contribution in [-0.2, 0) is 16.0 Å². The Morgan fingerprint density at radius 2 is 1.92 bits per heavy atom. The van der Waals surface area contributed by atoms with Gasteiger partial charge in [0.15, 0.2) is 0 Å². The van der Waals surface area contributed by atoms with Gasteiger partial charge in [-0.2, -0.15) is 0 Å². The molecule has 7 nitrogen and oxygen atoms in total. The highest BCUT2D eigenvalue weighted by Crippen LogP contribution is 2.24. The minimum Gasteiger partial charge on any atom is -0.372 e. The first-order chi connectivity index (χ1) is 12.2. The molecule has 0 radical (unpaired) electrons. The zero-order valence-electron chi connectivity index (χ0n) is 14.6. The van der Waals surface area contributed by atoms with Gasteiger partial charge < -0.3 is 19.3 Å². The molecule has 0 amide bonds. The average molecular weight is 344 g/mol. The highest BCUT2D eigenvalue weighted by molar-refractivity contribution is 5.34. The first kappa shape index (κ1) is 16.5. The SMILES string of the molecule is Cc1noc(C)c1CN1C[C@@H]2OCC(Nc3ccccn3)CO[C@H]2C1. The second-order valence-electron chi connectivity index (χ2n) is 6.80. The van der Waals surface area contributed by atoms with Gasteiger partial charge in [0.2, 0.25) is 0 Å². The molecule has 25 heavy (non-hydrogen) atoms. The van der Waals surface area contributed by atoms with Crippen LogP contribution in [0, 0.1) is 13.8 Å². The van der Waals surface area contributed by atoms with Gasteiger partial charge >= 0.3 is 0 Å². The molecule has 0 aliphatic carbocycles. The third-order valence-corrected chi connectivity index (χ3v) is 4.89. The summed E-state index contributed by atoms with van der Waals surface area (Å²) < 4.78 is 17.5. The molecular weight excluding hydrogens is 320 g/mol. The maximum atomic E-state index is 6.13. The summed E-state index contributed by atoms with van der Waals surface area (Å²) in [6.45, 7) is 7.76. The summed E-state index contributed by atoms with van der Waals surface area (Å²) >= 11 is 0. The second-order valence-corrected chi connectivity index (χ2v) is 6.80. The summed E-state index contributed by atoms with van der Waals surface area (Å²) in [6, 6.07) is 5.95. The van der Waals surface area contributed by atoms with Crippen LogP contribution in [0.5, 0.6) is 0 Å². The Morgan fingerprint density at radius 1 is 1.16 bits per heavy atom. The van der Waals surface area contributed by atoms with E-state index in [1.165, 1.54) is 5.56 Å². The van der Waals surface area contributed by atoms with Crippen LogP contribution in [0.2, 0.25) is 0 Å². The lowest BCUT2D eigenvalue weighted by molar-refractivity contribution is -0.00461. The van der Waals surface area contributed by atoms with E-state index in [2.05, 4.69) is 20.4 Å². The quantitative estimate of drug-likeness (QED) is 0.906. The largest absolute Gasteiger partial charge is 0.372 e. The molecule has 2 atom stereocenters. The lowest BCUT2D eigenvalue weighted by Crippen LogP contribution is -2.31. The summed E-state index contributed by atoms with van der Waals surface area (Å²) in [4.78, 5) is 6.66. The third kappa shape index (κ3) is 3.68. The molecule has 1 N–H and O–H groups in total. The molecule has 7 heteroatoms. The van der Waals surface area contributed by atoms with Crippen molar-refractivity contribution in [1.82, 2.24) is 15.0 Å². The van der Waals surface area contributed by atoms with E-state index in [-0.39, 0.29) is 18.2 Å². The van der Waals surface area contributed by atoms with Gasteiger partial charge in [-0.1, -0.05) is 11.2 Å². The summed E-state index contributed by atoms with van der Waals surface area (Å²) in [6.07, 6.45) is 1.99. The van der Waals surface area contributed by atoms with Crippen molar-refractivity contribution in [2.45, 2.75) is 38.6 Å². The van der Waals surface area contributed by atoms with Gasteiger partial charge in [0.1, 0.15) is 11.6 Å². The van der Waals surface area contributed by atoms with Crippen molar-refractivity contribution in [3.63, 3.8) is 0 Å². The molecule has 0 bridgehead atoms. The molecule has 4 rings (SSSR count). The molecule has 2 aliphatic heterocycles. The predicted molar refractivity (Wildman–Crippen MR) is 92.4 cm³/mol. The topological polar surface area (TPSA) is 72.7 Å². The minimum atomic E-state index is 0.107. The Morgan fingerprint density at radius 3 is 2.52 bits per heavy atom. The van der Waals surface area contributed by atoms with Gasteiger partial charge in [-0.15, -0.1) is 0 Å². The third-order valence-electron chi connectivity index (χ3n) is 4.89. The number of ether oxygens (including phenoxy) is 2. The monoisotopic (exact) mass is 344 g/mol. The standard InChI is InChI=1S/C18H24N4O3/c1-12-15(13(2)25-21-12)7-22-8-16-17(9-22)24-11-14(10-23-16)20-18-5-3-4-6-19-18/h3-6,14,16-17H,7-11H2,1-2H3,(H,19,20)/t16-,17-/m0/s1. The molecule has 4 heterocycles. The molecule has 2 aromatic heterocycles. The first-order valence-corrected chi connectivity index (χ1v) is 8.74. The Labute approximate surface area is 147 Å². The van der Waals surface area contributed by atoms with Gasteiger partial charge in [0, 0.05) is 31.4 Å². The predicted octanol–water partition coefficient (Wildman–Crippen LogP) is 1.77. The minimum absolute atomic E-state index is 0.107. The summed E-state index contributed by atoms with van der Waals surface area (Å²) in [5.41, 5.74) is 2.14.